The number of rotatable bonds is 16. The van der Waals surface area contributed by atoms with Crippen molar-refractivity contribution in [3.63, 3.8) is 0 Å². The minimum Gasteiger partial charge on any atom is -0.493 e. The van der Waals surface area contributed by atoms with Crippen LogP contribution in [0.1, 0.15) is 81.9 Å². The number of benzene rings is 2. The van der Waals surface area contributed by atoms with E-state index in [-0.39, 0.29) is 0 Å². The first-order chi connectivity index (χ1) is 14.7. The van der Waals surface area contributed by atoms with E-state index in [0.29, 0.717) is 0 Å². The lowest BCUT2D eigenvalue weighted by molar-refractivity contribution is 0.288. The first-order valence-electron chi connectivity index (χ1n) is 11.9. The van der Waals surface area contributed by atoms with E-state index in [1.807, 2.05) is 0 Å². The number of hydrogen-bond donors (Lipinski definition) is 1. The third-order valence-corrected chi connectivity index (χ3v) is 5.45. The Morgan fingerprint density at radius 2 is 1.37 bits per heavy atom. The summed E-state index contributed by atoms with van der Waals surface area (Å²) in [6.07, 6.45) is 9.72. The second-order valence-electron chi connectivity index (χ2n) is 8.12. The first kappa shape index (κ1) is 24.3. The van der Waals surface area contributed by atoms with E-state index in [1.165, 1.54) is 55.2 Å². The summed E-state index contributed by atoms with van der Waals surface area (Å²) in [5, 5.41) is 3.57. The molecule has 0 amide bonds. The molecule has 0 aliphatic carbocycles. The molecule has 0 bridgehead atoms. The van der Waals surface area contributed by atoms with Crippen molar-refractivity contribution in [1.29, 1.82) is 0 Å². The molecule has 2 rings (SSSR count). The molecule has 1 N–H and O–H groups in total. The van der Waals surface area contributed by atoms with Crippen LogP contribution in [0.5, 0.6) is 11.5 Å². The highest BCUT2D eigenvalue weighted by molar-refractivity contribution is 5.41. The van der Waals surface area contributed by atoms with Gasteiger partial charge in [-0.1, -0.05) is 82.7 Å². The quantitative estimate of drug-likeness (QED) is 0.296. The van der Waals surface area contributed by atoms with Gasteiger partial charge >= 0.3 is 0 Å². The lowest BCUT2D eigenvalue weighted by Gasteiger charge is -2.15. The normalized spacial score (nSPS) is 10.9. The van der Waals surface area contributed by atoms with Crippen LogP contribution in [0.25, 0.3) is 0 Å². The van der Waals surface area contributed by atoms with E-state index in [0.717, 1.165) is 50.6 Å². The Balaban J connectivity index is 1.92. The topological polar surface area (TPSA) is 30.5 Å². The third-order valence-electron chi connectivity index (χ3n) is 5.45. The Labute approximate surface area is 184 Å². The summed E-state index contributed by atoms with van der Waals surface area (Å²) in [7, 11) is 0. The van der Waals surface area contributed by atoms with E-state index in [1.54, 1.807) is 0 Å². The Kier molecular flexibility index (Phi) is 12.1. The molecule has 0 unspecified atom stereocenters. The van der Waals surface area contributed by atoms with Gasteiger partial charge in [-0.2, -0.15) is 0 Å². The SMILES string of the molecule is CCCCCCOc1ccc(CNCc2ccccc2C)c(OCCCCCC)c1. The van der Waals surface area contributed by atoms with Gasteiger partial charge in [0, 0.05) is 24.7 Å². The van der Waals surface area contributed by atoms with Gasteiger partial charge in [0.2, 0.25) is 0 Å². The monoisotopic (exact) mass is 411 g/mol. The summed E-state index contributed by atoms with van der Waals surface area (Å²) in [6.45, 7) is 9.82. The smallest absolute Gasteiger partial charge is 0.127 e. The fourth-order valence-electron chi connectivity index (χ4n) is 3.48. The highest BCUT2D eigenvalue weighted by atomic mass is 16.5. The molecule has 0 aromatic heterocycles. The van der Waals surface area contributed by atoms with Crippen LogP contribution in [0.4, 0.5) is 0 Å². The molecular formula is C27H41NO2. The molecule has 0 saturated carbocycles. The van der Waals surface area contributed by atoms with Crippen LogP contribution in [0, 0.1) is 6.92 Å². The van der Waals surface area contributed by atoms with E-state index in [9.17, 15) is 0 Å². The van der Waals surface area contributed by atoms with E-state index in [2.05, 4.69) is 68.6 Å². The van der Waals surface area contributed by atoms with Crippen LogP contribution in [0.2, 0.25) is 0 Å². The van der Waals surface area contributed by atoms with Gasteiger partial charge in [-0.3, -0.25) is 0 Å². The van der Waals surface area contributed by atoms with E-state index < -0.39 is 0 Å². The van der Waals surface area contributed by atoms with E-state index >= 15 is 0 Å². The summed E-state index contributed by atoms with van der Waals surface area (Å²) < 4.78 is 12.2. The maximum Gasteiger partial charge on any atom is 0.127 e. The van der Waals surface area contributed by atoms with E-state index in [4.69, 9.17) is 9.47 Å². The van der Waals surface area contributed by atoms with Gasteiger partial charge in [0.25, 0.3) is 0 Å². The summed E-state index contributed by atoms with van der Waals surface area (Å²) >= 11 is 0. The minimum atomic E-state index is 0.769. The molecule has 0 fully saturated rings. The molecule has 2 aromatic carbocycles. The predicted octanol–water partition coefficient (Wildman–Crippen LogP) is 7.20. The van der Waals surface area contributed by atoms with Crippen LogP contribution < -0.4 is 14.8 Å². The molecule has 0 aliphatic heterocycles. The molecule has 0 spiro atoms. The van der Waals surface area contributed by atoms with Crippen molar-refractivity contribution in [2.24, 2.45) is 0 Å². The molecule has 30 heavy (non-hydrogen) atoms. The summed E-state index contributed by atoms with van der Waals surface area (Å²) in [4.78, 5) is 0. The molecule has 0 saturated heterocycles. The van der Waals surface area contributed by atoms with Crippen molar-refractivity contribution in [2.75, 3.05) is 13.2 Å². The first-order valence-corrected chi connectivity index (χ1v) is 11.9. The molecule has 0 radical (unpaired) electrons. The highest BCUT2D eigenvalue weighted by Gasteiger charge is 2.07. The Bertz CT molecular complexity index is 714. The Morgan fingerprint density at radius 1 is 0.700 bits per heavy atom. The maximum atomic E-state index is 6.18. The van der Waals surface area contributed by atoms with Crippen LogP contribution >= 0.6 is 0 Å². The molecule has 0 atom stereocenters. The van der Waals surface area contributed by atoms with Crippen molar-refractivity contribution in [3.05, 3.63) is 59.2 Å². The average molecular weight is 412 g/mol. The van der Waals surface area contributed by atoms with Crippen molar-refractivity contribution < 1.29 is 9.47 Å². The summed E-state index contributed by atoms with van der Waals surface area (Å²) in [5.41, 5.74) is 3.85. The molecule has 0 aliphatic rings. The average Bonchev–Trinajstić information content (AvgIpc) is 2.76. The van der Waals surface area contributed by atoms with Gasteiger partial charge in [0.15, 0.2) is 0 Å². The lowest BCUT2D eigenvalue weighted by atomic mass is 10.1. The van der Waals surface area contributed by atoms with Gasteiger partial charge in [0.05, 0.1) is 13.2 Å². The molecule has 3 heteroatoms. The van der Waals surface area contributed by atoms with Crippen molar-refractivity contribution in [1.82, 2.24) is 5.32 Å². The van der Waals surface area contributed by atoms with Gasteiger partial charge in [-0.05, 0) is 37.0 Å². The molecule has 2 aromatic rings. The number of hydrogen-bond acceptors (Lipinski definition) is 3. The van der Waals surface area contributed by atoms with Crippen molar-refractivity contribution in [2.45, 2.75) is 85.2 Å². The molecule has 0 heterocycles. The summed E-state index contributed by atoms with van der Waals surface area (Å²) in [5.74, 6) is 1.87. The van der Waals surface area contributed by atoms with Crippen LogP contribution in [0.3, 0.4) is 0 Å². The highest BCUT2D eigenvalue weighted by Crippen LogP contribution is 2.26. The molecule has 3 nitrogen and oxygen atoms in total. The van der Waals surface area contributed by atoms with Crippen LogP contribution in [0.15, 0.2) is 42.5 Å². The standard InChI is InChI=1S/C27H41NO2/c1-4-6-8-12-18-29-26-17-16-25(27(20-26)30-19-13-9-7-5-2)22-28-21-24-15-11-10-14-23(24)3/h10-11,14-17,20,28H,4-9,12-13,18-19,21-22H2,1-3H3. The lowest BCUT2D eigenvalue weighted by Crippen LogP contribution is -2.14. The Hall–Kier alpha value is -2.00. The number of ether oxygens (including phenoxy) is 2. The molecular weight excluding hydrogens is 370 g/mol. The zero-order valence-corrected chi connectivity index (χ0v) is 19.3. The fraction of sp³-hybridized carbons (Fsp3) is 0.556. The largest absolute Gasteiger partial charge is 0.493 e. The zero-order valence-electron chi connectivity index (χ0n) is 19.3. The maximum absolute atomic E-state index is 6.18. The van der Waals surface area contributed by atoms with Gasteiger partial charge < -0.3 is 14.8 Å². The second-order valence-corrected chi connectivity index (χ2v) is 8.12. The molecule has 166 valence electrons. The number of nitrogens with one attached hydrogen (secondary N) is 1. The zero-order chi connectivity index (χ0) is 21.4. The fourth-order valence-corrected chi connectivity index (χ4v) is 3.48. The van der Waals surface area contributed by atoms with Crippen LogP contribution in [-0.2, 0) is 13.1 Å². The predicted molar refractivity (Wildman–Crippen MR) is 127 cm³/mol. The summed E-state index contributed by atoms with van der Waals surface area (Å²) in [6, 6.07) is 14.8. The van der Waals surface area contributed by atoms with Gasteiger partial charge in [-0.25, -0.2) is 0 Å². The number of unbranched alkanes of at least 4 members (excludes halogenated alkanes) is 6. The second kappa shape index (κ2) is 14.9. The minimum absolute atomic E-state index is 0.769. The number of aryl methyl sites for hydroxylation is 1. The van der Waals surface area contributed by atoms with Gasteiger partial charge in [-0.15, -0.1) is 0 Å². The van der Waals surface area contributed by atoms with Gasteiger partial charge in [0.1, 0.15) is 11.5 Å². The Morgan fingerprint density at radius 3 is 2.07 bits per heavy atom. The van der Waals surface area contributed by atoms with Crippen molar-refractivity contribution in [3.8, 4) is 11.5 Å². The van der Waals surface area contributed by atoms with Crippen molar-refractivity contribution >= 4 is 0 Å². The third kappa shape index (κ3) is 9.21. The van der Waals surface area contributed by atoms with Crippen LogP contribution in [-0.4, -0.2) is 13.2 Å².